The van der Waals surface area contributed by atoms with Crippen molar-refractivity contribution in [1.29, 1.82) is 0 Å². The van der Waals surface area contributed by atoms with Gasteiger partial charge in [0.25, 0.3) is 23.6 Å². The zero-order chi connectivity index (χ0) is 14.3. The second-order valence-corrected chi connectivity index (χ2v) is 4.09. The van der Waals surface area contributed by atoms with Crippen molar-refractivity contribution in [2.24, 2.45) is 0 Å². The van der Waals surface area contributed by atoms with Crippen molar-refractivity contribution < 1.29 is 19.2 Å². The second kappa shape index (κ2) is 4.23. The Morgan fingerprint density at radius 2 is 1.00 bits per heavy atom. The number of hydrogen-bond donors (Lipinski definition) is 0. The maximum atomic E-state index is 11.6. The first-order valence-corrected chi connectivity index (χ1v) is 5.65. The average Bonchev–Trinajstić information content (AvgIpc) is 2.93. The summed E-state index contributed by atoms with van der Waals surface area (Å²) in [5.74, 6) is -1.98. The summed E-state index contributed by atoms with van der Waals surface area (Å²) in [6.45, 7) is 0. The van der Waals surface area contributed by atoms with Crippen LogP contribution in [0.3, 0.4) is 0 Å². The third kappa shape index (κ3) is 1.72. The molecule has 0 fully saturated rings. The highest BCUT2D eigenvalue weighted by Crippen LogP contribution is 2.25. The topological polar surface area (TPSA) is 87.7 Å². The van der Waals surface area contributed by atoms with Gasteiger partial charge in [-0.15, -0.1) is 0 Å². The first-order valence-electron chi connectivity index (χ1n) is 5.65. The van der Waals surface area contributed by atoms with E-state index < -0.39 is 23.6 Å². The quantitative estimate of drug-likeness (QED) is 0.702. The van der Waals surface area contributed by atoms with Gasteiger partial charge in [0.05, 0.1) is 23.8 Å². The third-order valence-corrected chi connectivity index (χ3v) is 2.84. The smallest absolute Gasteiger partial charge is 0.258 e. The number of carbonyl (C=O) groups is 4. The van der Waals surface area contributed by atoms with Crippen molar-refractivity contribution in [2.45, 2.75) is 0 Å². The highest BCUT2D eigenvalue weighted by Gasteiger charge is 2.29. The van der Waals surface area contributed by atoms with E-state index in [9.17, 15) is 19.2 Å². The van der Waals surface area contributed by atoms with E-state index in [4.69, 9.17) is 0 Å². The van der Waals surface area contributed by atoms with Crippen LogP contribution >= 0.6 is 0 Å². The SMILES string of the molecule is O=C1C=CC(=O)N1c1cncc(N2C(=O)C=CC2=O)c1. The molecule has 0 atom stereocenters. The number of imide groups is 2. The van der Waals surface area contributed by atoms with E-state index in [1.54, 1.807) is 0 Å². The molecule has 3 heterocycles. The summed E-state index contributed by atoms with van der Waals surface area (Å²) in [7, 11) is 0. The minimum absolute atomic E-state index is 0.204. The van der Waals surface area contributed by atoms with E-state index in [1.807, 2.05) is 0 Å². The van der Waals surface area contributed by atoms with Gasteiger partial charge in [-0.05, 0) is 6.07 Å². The number of hydrogen-bond acceptors (Lipinski definition) is 5. The molecule has 1 aromatic heterocycles. The second-order valence-electron chi connectivity index (χ2n) is 4.09. The van der Waals surface area contributed by atoms with E-state index >= 15 is 0 Å². The number of nitrogens with zero attached hydrogens (tertiary/aromatic N) is 3. The normalized spacial score (nSPS) is 17.8. The monoisotopic (exact) mass is 269 g/mol. The highest BCUT2D eigenvalue weighted by atomic mass is 16.2. The molecule has 7 nitrogen and oxygen atoms in total. The number of aromatic nitrogens is 1. The Bertz CT molecular complexity index is 627. The molecule has 0 N–H and O–H groups in total. The molecule has 0 bridgehead atoms. The van der Waals surface area contributed by atoms with Crippen molar-refractivity contribution >= 4 is 35.0 Å². The number of anilines is 2. The van der Waals surface area contributed by atoms with Crippen LogP contribution in [0.4, 0.5) is 11.4 Å². The van der Waals surface area contributed by atoms with Gasteiger partial charge >= 0.3 is 0 Å². The molecule has 2 aliphatic heterocycles. The molecule has 1 aromatic rings. The summed E-state index contributed by atoms with van der Waals surface area (Å²) in [5, 5.41) is 0. The van der Waals surface area contributed by atoms with Gasteiger partial charge in [0.15, 0.2) is 0 Å². The maximum absolute atomic E-state index is 11.6. The highest BCUT2D eigenvalue weighted by molar-refractivity contribution is 6.29. The molecule has 0 unspecified atom stereocenters. The summed E-state index contributed by atoms with van der Waals surface area (Å²) in [6.07, 6.45) is 7.19. The first kappa shape index (κ1) is 12.0. The van der Waals surface area contributed by atoms with E-state index in [2.05, 4.69) is 4.98 Å². The Labute approximate surface area is 112 Å². The van der Waals surface area contributed by atoms with Crippen LogP contribution in [0.25, 0.3) is 0 Å². The fraction of sp³-hybridized carbons (Fsp3) is 0. The van der Waals surface area contributed by atoms with Crippen LogP contribution in [0.2, 0.25) is 0 Å². The van der Waals surface area contributed by atoms with Crippen LogP contribution in [0.15, 0.2) is 42.8 Å². The van der Waals surface area contributed by atoms with Gasteiger partial charge in [-0.3, -0.25) is 24.2 Å². The zero-order valence-corrected chi connectivity index (χ0v) is 10.0. The Morgan fingerprint density at radius 1 is 0.650 bits per heavy atom. The lowest BCUT2D eigenvalue weighted by atomic mass is 10.3. The van der Waals surface area contributed by atoms with Crippen LogP contribution in [0.5, 0.6) is 0 Å². The molecule has 0 saturated carbocycles. The first-order chi connectivity index (χ1) is 9.58. The molecule has 98 valence electrons. The molecule has 7 heteroatoms. The van der Waals surface area contributed by atoms with Gasteiger partial charge in [-0.2, -0.15) is 0 Å². The molecule has 0 aromatic carbocycles. The zero-order valence-electron chi connectivity index (χ0n) is 10.0. The molecule has 0 radical (unpaired) electrons. The van der Waals surface area contributed by atoms with Crippen LogP contribution in [-0.4, -0.2) is 28.6 Å². The lowest BCUT2D eigenvalue weighted by Crippen LogP contribution is -2.32. The van der Waals surface area contributed by atoms with Crippen molar-refractivity contribution in [3.05, 3.63) is 42.8 Å². The van der Waals surface area contributed by atoms with Gasteiger partial charge in [0.1, 0.15) is 0 Å². The number of amides is 4. The van der Waals surface area contributed by atoms with Gasteiger partial charge in [0.2, 0.25) is 0 Å². The Hall–Kier alpha value is -3.09. The average molecular weight is 269 g/mol. The summed E-state index contributed by atoms with van der Waals surface area (Å²) >= 11 is 0. The van der Waals surface area contributed by atoms with Crippen LogP contribution < -0.4 is 9.80 Å². The van der Waals surface area contributed by atoms with E-state index in [0.717, 1.165) is 34.1 Å². The molecule has 2 aliphatic rings. The lowest BCUT2D eigenvalue weighted by Gasteiger charge is -2.17. The Balaban J connectivity index is 1.99. The molecule has 0 aliphatic carbocycles. The predicted molar refractivity (Wildman–Crippen MR) is 67.5 cm³/mol. The molecular formula is C13H7N3O4. The molecule has 20 heavy (non-hydrogen) atoms. The number of carbonyl (C=O) groups excluding carboxylic acids is 4. The maximum Gasteiger partial charge on any atom is 0.258 e. The van der Waals surface area contributed by atoms with Crippen molar-refractivity contribution in [3.8, 4) is 0 Å². The summed E-state index contributed by atoms with van der Waals surface area (Å²) in [5.41, 5.74) is 0.407. The summed E-state index contributed by atoms with van der Waals surface area (Å²) in [4.78, 5) is 52.0. The standard InChI is InChI=1S/C13H7N3O4/c17-10-1-2-11(18)15(10)8-5-9(7-14-6-8)16-12(19)3-4-13(16)20/h1-7H. The van der Waals surface area contributed by atoms with Crippen molar-refractivity contribution in [1.82, 2.24) is 4.98 Å². The van der Waals surface area contributed by atoms with E-state index in [-0.39, 0.29) is 11.4 Å². The van der Waals surface area contributed by atoms with Gasteiger partial charge in [0, 0.05) is 24.3 Å². The van der Waals surface area contributed by atoms with Crippen LogP contribution in [0, 0.1) is 0 Å². The number of pyridine rings is 1. The summed E-state index contributed by atoms with van der Waals surface area (Å²) in [6, 6.07) is 1.39. The van der Waals surface area contributed by atoms with Gasteiger partial charge in [-0.25, -0.2) is 9.80 Å². The van der Waals surface area contributed by atoms with E-state index in [0.29, 0.717) is 0 Å². The fourth-order valence-electron chi connectivity index (χ4n) is 1.97. The molecule has 0 spiro atoms. The molecular weight excluding hydrogens is 262 g/mol. The van der Waals surface area contributed by atoms with Gasteiger partial charge < -0.3 is 0 Å². The predicted octanol–water partition coefficient (Wildman–Crippen LogP) is -0.0596. The molecule has 4 amide bonds. The number of rotatable bonds is 2. The fourth-order valence-corrected chi connectivity index (χ4v) is 1.97. The van der Waals surface area contributed by atoms with Crippen LogP contribution in [-0.2, 0) is 19.2 Å². The largest absolute Gasteiger partial charge is 0.269 e. The Morgan fingerprint density at radius 3 is 1.35 bits per heavy atom. The minimum atomic E-state index is -0.494. The lowest BCUT2D eigenvalue weighted by molar-refractivity contribution is -0.121. The molecule has 3 rings (SSSR count). The minimum Gasteiger partial charge on any atom is -0.269 e. The third-order valence-electron chi connectivity index (χ3n) is 2.84. The molecule has 0 saturated heterocycles. The van der Waals surface area contributed by atoms with Gasteiger partial charge in [-0.1, -0.05) is 0 Å². The van der Waals surface area contributed by atoms with E-state index in [1.165, 1.54) is 18.5 Å². The van der Waals surface area contributed by atoms with Crippen molar-refractivity contribution in [3.63, 3.8) is 0 Å². The van der Waals surface area contributed by atoms with Crippen molar-refractivity contribution in [2.75, 3.05) is 9.80 Å². The summed E-state index contributed by atoms with van der Waals surface area (Å²) < 4.78 is 0. The van der Waals surface area contributed by atoms with Crippen LogP contribution in [0.1, 0.15) is 0 Å². The Kier molecular flexibility index (Phi) is 2.53.